The fourth-order valence-corrected chi connectivity index (χ4v) is 3.94. The van der Waals surface area contributed by atoms with Crippen LogP contribution in [0.2, 0.25) is 0 Å². The van der Waals surface area contributed by atoms with Crippen LogP contribution in [0.3, 0.4) is 0 Å². The molecule has 3 aromatic rings. The van der Waals surface area contributed by atoms with Gasteiger partial charge in [0.1, 0.15) is 17.6 Å². The molecule has 2 amide bonds. The van der Waals surface area contributed by atoms with Gasteiger partial charge in [-0.2, -0.15) is 0 Å². The zero-order valence-corrected chi connectivity index (χ0v) is 18.2. The number of methoxy groups -OCH3 is 1. The summed E-state index contributed by atoms with van der Waals surface area (Å²) >= 11 is 0. The van der Waals surface area contributed by atoms with Crippen molar-refractivity contribution in [1.82, 2.24) is 14.9 Å². The van der Waals surface area contributed by atoms with Crippen LogP contribution in [-0.4, -0.2) is 35.0 Å². The van der Waals surface area contributed by atoms with Crippen LogP contribution in [0.15, 0.2) is 73.1 Å². The number of nitrogens with zero attached hydrogens (tertiary/aromatic N) is 3. The van der Waals surface area contributed by atoms with Gasteiger partial charge in [-0.05, 0) is 42.2 Å². The molecule has 4 rings (SSSR count). The third-order valence-electron chi connectivity index (χ3n) is 5.61. The number of anilines is 1. The van der Waals surface area contributed by atoms with Gasteiger partial charge in [0.25, 0.3) is 5.91 Å². The number of aromatic nitrogens is 2. The van der Waals surface area contributed by atoms with E-state index < -0.39 is 6.04 Å². The smallest absolute Gasteiger partial charge is 0.251 e. The van der Waals surface area contributed by atoms with E-state index in [0.717, 1.165) is 35.4 Å². The maximum absolute atomic E-state index is 12.8. The standard InChI is InChI=1S/C25H26N4O3/c1-28-17-15-26-25(28)24(19-9-11-20(32-2)12-10-19)27-22(30)13-14-23(31)29-16-5-7-18-6-3-4-8-21(18)29/h3-4,6,8-15,17,24H,5,7,16H2,1-2H3,(H,27,30)/b14-13+. The number of carbonyl (C=O) groups is 2. The minimum Gasteiger partial charge on any atom is -0.497 e. The third kappa shape index (κ3) is 4.56. The van der Waals surface area contributed by atoms with Gasteiger partial charge in [0, 0.05) is 43.8 Å². The van der Waals surface area contributed by atoms with Crippen molar-refractivity contribution in [2.75, 3.05) is 18.6 Å². The summed E-state index contributed by atoms with van der Waals surface area (Å²) in [4.78, 5) is 31.7. The number of rotatable bonds is 6. The summed E-state index contributed by atoms with van der Waals surface area (Å²) in [5.41, 5.74) is 2.93. The van der Waals surface area contributed by atoms with Crippen LogP contribution in [0.4, 0.5) is 5.69 Å². The lowest BCUT2D eigenvalue weighted by Crippen LogP contribution is -2.35. The Morgan fingerprint density at radius 2 is 1.91 bits per heavy atom. The first-order chi connectivity index (χ1) is 15.6. The molecule has 1 N–H and O–H groups in total. The number of nitrogens with one attached hydrogen (secondary N) is 1. The van der Waals surface area contributed by atoms with E-state index in [4.69, 9.17) is 4.74 Å². The van der Waals surface area contributed by atoms with E-state index in [1.54, 1.807) is 18.2 Å². The molecule has 7 heteroatoms. The summed E-state index contributed by atoms with van der Waals surface area (Å²) in [7, 11) is 3.48. The van der Waals surface area contributed by atoms with Gasteiger partial charge in [0.05, 0.1) is 7.11 Å². The predicted molar refractivity (Wildman–Crippen MR) is 122 cm³/mol. The van der Waals surface area contributed by atoms with E-state index in [2.05, 4.69) is 10.3 Å². The lowest BCUT2D eigenvalue weighted by Gasteiger charge is -2.28. The quantitative estimate of drug-likeness (QED) is 0.610. The molecule has 0 aliphatic carbocycles. The average Bonchev–Trinajstić information content (AvgIpc) is 3.26. The molecule has 0 radical (unpaired) electrons. The zero-order chi connectivity index (χ0) is 22.5. The van der Waals surface area contributed by atoms with Crippen molar-refractivity contribution in [2.24, 2.45) is 7.05 Å². The second kappa shape index (κ2) is 9.51. The first-order valence-corrected chi connectivity index (χ1v) is 10.6. The highest BCUT2D eigenvalue weighted by molar-refractivity contribution is 6.05. The molecule has 164 valence electrons. The molecule has 2 aromatic carbocycles. The van der Waals surface area contributed by atoms with Crippen molar-refractivity contribution in [1.29, 1.82) is 0 Å². The molecule has 1 aromatic heterocycles. The SMILES string of the molecule is COc1ccc(C(NC(=O)/C=C/C(=O)N2CCCc3ccccc32)c2nccn2C)cc1. The van der Waals surface area contributed by atoms with Crippen LogP contribution in [0, 0.1) is 0 Å². The van der Waals surface area contributed by atoms with Gasteiger partial charge in [-0.25, -0.2) is 4.98 Å². The molecule has 32 heavy (non-hydrogen) atoms. The first-order valence-electron chi connectivity index (χ1n) is 10.6. The van der Waals surface area contributed by atoms with Crippen molar-refractivity contribution < 1.29 is 14.3 Å². The number of aryl methyl sites for hydroxylation is 2. The highest BCUT2D eigenvalue weighted by Crippen LogP contribution is 2.27. The maximum atomic E-state index is 12.8. The Kier molecular flexibility index (Phi) is 6.35. The average molecular weight is 431 g/mol. The van der Waals surface area contributed by atoms with Gasteiger partial charge in [0.15, 0.2) is 0 Å². The van der Waals surface area contributed by atoms with Gasteiger partial charge in [-0.1, -0.05) is 30.3 Å². The number of amides is 2. The molecule has 1 aliphatic heterocycles. The van der Waals surface area contributed by atoms with Crippen molar-refractivity contribution in [3.63, 3.8) is 0 Å². The Bertz CT molecular complexity index is 1130. The van der Waals surface area contributed by atoms with Gasteiger partial charge in [0.2, 0.25) is 5.91 Å². The van der Waals surface area contributed by atoms with Gasteiger partial charge >= 0.3 is 0 Å². The summed E-state index contributed by atoms with van der Waals surface area (Å²) in [6, 6.07) is 14.9. The van der Waals surface area contributed by atoms with Crippen molar-refractivity contribution >= 4 is 17.5 Å². The molecule has 1 aliphatic rings. The molecule has 7 nitrogen and oxygen atoms in total. The van der Waals surface area contributed by atoms with E-state index in [1.165, 1.54) is 12.2 Å². The number of para-hydroxylation sites is 1. The van der Waals surface area contributed by atoms with Crippen LogP contribution in [0.1, 0.15) is 29.4 Å². The van der Waals surface area contributed by atoms with E-state index in [1.807, 2.05) is 66.3 Å². The maximum Gasteiger partial charge on any atom is 0.251 e. The van der Waals surface area contributed by atoms with Gasteiger partial charge in [-0.15, -0.1) is 0 Å². The van der Waals surface area contributed by atoms with Gasteiger partial charge in [-0.3, -0.25) is 9.59 Å². The van der Waals surface area contributed by atoms with E-state index in [0.29, 0.717) is 12.4 Å². The molecule has 0 saturated carbocycles. The van der Waals surface area contributed by atoms with Crippen LogP contribution in [-0.2, 0) is 23.1 Å². The Balaban J connectivity index is 1.51. The molecule has 2 heterocycles. The fourth-order valence-electron chi connectivity index (χ4n) is 3.94. The molecule has 0 fully saturated rings. The number of carbonyl (C=O) groups excluding carboxylic acids is 2. The molecular formula is C25H26N4O3. The first kappa shape index (κ1) is 21.4. The lowest BCUT2D eigenvalue weighted by molar-refractivity contribution is -0.118. The van der Waals surface area contributed by atoms with Crippen molar-refractivity contribution in [3.05, 3.63) is 90.0 Å². The largest absolute Gasteiger partial charge is 0.497 e. The Morgan fingerprint density at radius 1 is 1.12 bits per heavy atom. The van der Waals surface area contributed by atoms with Crippen LogP contribution >= 0.6 is 0 Å². The Hall–Kier alpha value is -3.87. The number of benzene rings is 2. The minimum atomic E-state index is -0.469. The van der Waals surface area contributed by atoms with E-state index in [9.17, 15) is 9.59 Å². The zero-order valence-electron chi connectivity index (χ0n) is 18.2. The molecule has 0 saturated heterocycles. The second-order valence-corrected chi connectivity index (χ2v) is 7.67. The van der Waals surface area contributed by atoms with E-state index in [-0.39, 0.29) is 11.8 Å². The summed E-state index contributed by atoms with van der Waals surface area (Å²) in [6.07, 6.45) is 8.00. The number of ether oxygens (including phenoxy) is 1. The summed E-state index contributed by atoms with van der Waals surface area (Å²) in [6.45, 7) is 0.642. The van der Waals surface area contributed by atoms with Crippen molar-refractivity contribution in [2.45, 2.75) is 18.9 Å². The number of hydrogen-bond acceptors (Lipinski definition) is 4. The summed E-state index contributed by atoms with van der Waals surface area (Å²) in [5, 5.41) is 2.97. The predicted octanol–water partition coefficient (Wildman–Crippen LogP) is 3.17. The fraction of sp³-hybridized carbons (Fsp3) is 0.240. The second-order valence-electron chi connectivity index (χ2n) is 7.67. The molecule has 1 atom stereocenters. The molecule has 0 bridgehead atoms. The highest BCUT2D eigenvalue weighted by atomic mass is 16.5. The monoisotopic (exact) mass is 430 g/mol. The van der Waals surface area contributed by atoms with Crippen LogP contribution in [0.5, 0.6) is 5.75 Å². The normalized spacial score (nSPS) is 14.1. The van der Waals surface area contributed by atoms with Crippen LogP contribution in [0.25, 0.3) is 0 Å². The Labute approximate surface area is 187 Å². The third-order valence-corrected chi connectivity index (χ3v) is 5.61. The Morgan fingerprint density at radius 3 is 2.62 bits per heavy atom. The summed E-state index contributed by atoms with van der Waals surface area (Å²) < 4.78 is 7.09. The molecule has 1 unspecified atom stereocenters. The number of hydrogen-bond donors (Lipinski definition) is 1. The number of imidazole rings is 1. The molecule has 0 spiro atoms. The van der Waals surface area contributed by atoms with Crippen molar-refractivity contribution in [3.8, 4) is 5.75 Å². The summed E-state index contributed by atoms with van der Waals surface area (Å²) in [5.74, 6) is 0.844. The van der Waals surface area contributed by atoms with E-state index >= 15 is 0 Å². The highest BCUT2D eigenvalue weighted by Gasteiger charge is 2.22. The lowest BCUT2D eigenvalue weighted by atomic mass is 10.0. The van der Waals surface area contributed by atoms with Gasteiger partial charge < -0.3 is 19.5 Å². The van der Waals surface area contributed by atoms with Crippen LogP contribution < -0.4 is 15.0 Å². The number of fused-ring (bicyclic) bond motifs is 1. The minimum absolute atomic E-state index is 0.203. The topological polar surface area (TPSA) is 76.5 Å². The molecular weight excluding hydrogens is 404 g/mol.